The van der Waals surface area contributed by atoms with E-state index >= 15 is 0 Å². The molecule has 0 aliphatic heterocycles. The third kappa shape index (κ3) is 3.27. The van der Waals surface area contributed by atoms with Crippen LogP contribution >= 0.6 is 0 Å². The molecule has 6 heteroatoms. The lowest BCUT2D eigenvalue weighted by Crippen LogP contribution is -1.96. The second-order valence-corrected chi connectivity index (χ2v) is 6.57. The molecule has 0 radical (unpaired) electrons. The van der Waals surface area contributed by atoms with Crippen molar-refractivity contribution in [2.24, 2.45) is 0 Å². The lowest BCUT2D eigenvalue weighted by Gasteiger charge is -2.15. The molecule has 0 N–H and O–H groups in total. The molecule has 29 heavy (non-hydrogen) atoms. The quantitative estimate of drug-likeness (QED) is 0.439. The van der Waals surface area contributed by atoms with E-state index in [2.05, 4.69) is 4.98 Å². The van der Waals surface area contributed by atoms with Crippen molar-refractivity contribution < 1.29 is 23.0 Å². The lowest BCUT2D eigenvalue weighted by atomic mass is 10.0. The Hall–Kier alpha value is -3.54. The molecule has 0 aliphatic carbocycles. The van der Waals surface area contributed by atoms with Crippen molar-refractivity contribution in [3.63, 3.8) is 0 Å². The molecule has 3 aromatic carbocycles. The van der Waals surface area contributed by atoms with Gasteiger partial charge in [-0.15, -0.1) is 0 Å². The van der Waals surface area contributed by atoms with Crippen molar-refractivity contribution in [3.05, 3.63) is 59.9 Å². The van der Waals surface area contributed by atoms with E-state index in [-0.39, 0.29) is 11.7 Å². The van der Waals surface area contributed by atoms with Gasteiger partial charge in [0.15, 0.2) is 17.1 Å². The number of rotatable bonds is 5. The normalized spacial score (nSPS) is 10.9. The fourth-order valence-corrected chi connectivity index (χ4v) is 3.34. The van der Waals surface area contributed by atoms with Crippen LogP contribution in [0.5, 0.6) is 17.2 Å². The van der Waals surface area contributed by atoms with Gasteiger partial charge in [0.25, 0.3) is 0 Å². The van der Waals surface area contributed by atoms with E-state index in [0.29, 0.717) is 33.9 Å². The standard InChI is InChI=1S/C23H20FNO4/c1-13-5-8-17(24)16(11-13)23-25-18-9-6-14(12-20(18)29-23)15-7-10-19(26-2)22(28-4)21(15)27-3/h5-12H,1-4H3. The molecule has 1 heterocycles. The Morgan fingerprint density at radius 3 is 2.34 bits per heavy atom. The second kappa shape index (κ2) is 7.47. The van der Waals surface area contributed by atoms with Crippen molar-refractivity contribution in [1.82, 2.24) is 4.98 Å². The Balaban J connectivity index is 1.84. The van der Waals surface area contributed by atoms with Gasteiger partial charge in [-0.1, -0.05) is 17.7 Å². The summed E-state index contributed by atoms with van der Waals surface area (Å²) < 4.78 is 36.5. The SMILES string of the molecule is COc1ccc(-c2ccc3nc(-c4cc(C)ccc4F)oc3c2)c(OC)c1OC. The van der Waals surface area contributed by atoms with Gasteiger partial charge < -0.3 is 18.6 Å². The maximum atomic E-state index is 14.2. The highest BCUT2D eigenvalue weighted by Crippen LogP contribution is 2.44. The zero-order chi connectivity index (χ0) is 20.5. The second-order valence-electron chi connectivity index (χ2n) is 6.57. The molecule has 148 valence electrons. The summed E-state index contributed by atoms with van der Waals surface area (Å²) in [5.41, 5.74) is 4.12. The van der Waals surface area contributed by atoms with Gasteiger partial charge in [-0.3, -0.25) is 0 Å². The highest BCUT2D eigenvalue weighted by Gasteiger charge is 2.19. The van der Waals surface area contributed by atoms with Crippen LogP contribution in [0.25, 0.3) is 33.7 Å². The first-order valence-corrected chi connectivity index (χ1v) is 9.02. The van der Waals surface area contributed by atoms with Gasteiger partial charge in [0.2, 0.25) is 11.6 Å². The van der Waals surface area contributed by atoms with Gasteiger partial charge in [-0.2, -0.15) is 0 Å². The summed E-state index contributed by atoms with van der Waals surface area (Å²) >= 11 is 0. The van der Waals surface area contributed by atoms with Crippen LogP contribution < -0.4 is 14.2 Å². The number of aromatic nitrogens is 1. The van der Waals surface area contributed by atoms with Gasteiger partial charge in [0.05, 0.1) is 26.9 Å². The van der Waals surface area contributed by atoms with Crippen molar-refractivity contribution in [3.8, 4) is 39.8 Å². The van der Waals surface area contributed by atoms with Crippen molar-refractivity contribution in [2.45, 2.75) is 6.92 Å². The average Bonchev–Trinajstić information content (AvgIpc) is 3.17. The van der Waals surface area contributed by atoms with Gasteiger partial charge in [-0.05, 0) is 48.9 Å². The van der Waals surface area contributed by atoms with Crippen LogP contribution in [0.3, 0.4) is 0 Å². The van der Waals surface area contributed by atoms with E-state index in [4.69, 9.17) is 18.6 Å². The first-order valence-electron chi connectivity index (χ1n) is 9.02. The predicted octanol–water partition coefficient (Wildman–Crippen LogP) is 5.64. The molecule has 0 fully saturated rings. The number of halogens is 1. The van der Waals surface area contributed by atoms with E-state index in [1.54, 1.807) is 33.5 Å². The minimum atomic E-state index is -0.371. The van der Waals surface area contributed by atoms with E-state index in [1.165, 1.54) is 6.07 Å². The van der Waals surface area contributed by atoms with Crippen LogP contribution in [0.4, 0.5) is 4.39 Å². The van der Waals surface area contributed by atoms with Crippen LogP contribution in [0.2, 0.25) is 0 Å². The molecule has 5 nitrogen and oxygen atoms in total. The molecule has 0 saturated heterocycles. The Morgan fingerprint density at radius 1 is 0.828 bits per heavy atom. The molecule has 4 aromatic rings. The number of oxazole rings is 1. The van der Waals surface area contributed by atoms with E-state index < -0.39 is 0 Å². The zero-order valence-electron chi connectivity index (χ0n) is 16.6. The minimum Gasteiger partial charge on any atom is -0.493 e. The first kappa shape index (κ1) is 18.8. The fourth-order valence-electron chi connectivity index (χ4n) is 3.34. The Bertz CT molecular complexity index is 1200. The fraction of sp³-hybridized carbons (Fsp3) is 0.174. The van der Waals surface area contributed by atoms with Crippen LogP contribution in [-0.2, 0) is 0 Å². The summed E-state index contributed by atoms with van der Waals surface area (Å²) in [7, 11) is 4.71. The van der Waals surface area contributed by atoms with E-state index in [0.717, 1.165) is 16.7 Å². The number of aryl methyl sites for hydroxylation is 1. The maximum absolute atomic E-state index is 14.2. The van der Waals surface area contributed by atoms with Crippen LogP contribution in [0.15, 0.2) is 52.9 Å². The van der Waals surface area contributed by atoms with Crippen molar-refractivity contribution in [1.29, 1.82) is 0 Å². The Labute approximate surface area is 167 Å². The summed E-state index contributed by atoms with van der Waals surface area (Å²) in [6, 6.07) is 14.1. The number of fused-ring (bicyclic) bond motifs is 1. The molecule has 0 saturated carbocycles. The number of nitrogens with zero attached hydrogens (tertiary/aromatic N) is 1. The number of hydrogen-bond acceptors (Lipinski definition) is 5. The van der Waals surface area contributed by atoms with Crippen LogP contribution in [0.1, 0.15) is 5.56 Å². The summed E-state index contributed by atoms with van der Waals surface area (Å²) in [5.74, 6) is 1.51. The topological polar surface area (TPSA) is 53.7 Å². The molecule has 0 atom stereocenters. The average molecular weight is 393 g/mol. The van der Waals surface area contributed by atoms with E-state index in [9.17, 15) is 4.39 Å². The third-order valence-electron chi connectivity index (χ3n) is 4.76. The van der Waals surface area contributed by atoms with Crippen LogP contribution in [-0.4, -0.2) is 26.3 Å². The lowest BCUT2D eigenvalue weighted by molar-refractivity contribution is 0.325. The number of ether oxygens (including phenoxy) is 3. The Morgan fingerprint density at radius 2 is 1.62 bits per heavy atom. The minimum absolute atomic E-state index is 0.248. The van der Waals surface area contributed by atoms with Crippen molar-refractivity contribution >= 4 is 11.1 Å². The summed E-state index contributed by atoms with van der Waals surface area (Å²) in [6.45, 7) is 1.90. The monoisotopic (exact) mass is 393 g/mol. The summed E-state index contributed by atoms with van der Waals surface area (Å²) in [4.78, 5) is 4.44. The van der Waals surface area contributed by atoms with Gasteiger partial charge in [0.1, 0.15) is 11.3 Å². The number of methoxy groups -OCH3 is 3. The number of hydrogen-bond donors (Lipinski definition) is 0. The molecule has 0 unspecified atom stereocenters. The molecule has 4 rings (SSSR count). The largest absolute Gasteiger partial charge is 0.493 e. The molecular formula is C23H20FNO4. The molecule has 0 aliphatic rings. The molecule has 0 spiro atoms. The molecule has 0 amide bonds. The molecule has 0 bridgehead atoms. The smallest absolute Gasteiger partial charge is 0.230 e. The number of benzene rings is 3. The molecular weight excluding hydrogens is 373 g/mol. The highest BCUT2D eigenvalue weighted by molar-refractivity contribution is 5.85. The summed E-state index contributed by atoms with van der Waals surface area (Å²) in [6.07, 6.45) is 0. The molecule has 1 aromatic heterocycles. The van der Waals surface area contributed by atoms with Gasteiger partial charge in [-0.25, -0.2) is 9.37 Å². The summed E-state index contributed by atoms with van der Waals surface area (Å²) in [5, 5.41) is 0. The van der Waals surface area contributed by atoms with Crippen LogP contribution in [0, 0.1) is 12.7 Å². The highest BCUT2D eigenvalue weighted by atomic mass is 19.1. The van der Waals surface area contributed by atoms with Gasteiger partial charge >= 0.3 is 0 Å². The first-order chi connectivity index (χ1) is 14.0. The third-order valence-corrected chi connectivity index (χ3v) is 4.76. The predicted molar refractivity (Wildman–Crippen MR) is 109 cm³/mol. The van der Waals surface area contributed by atoms with Crippen molar-refractivity contribution in [2.75, 3.05) is 21.3 Å². The van der Waals surface area contributed by atoms with E-state index in [1.807, 2.05) is 37.3 Å². The Kier molecular flexibility index (Phi) is 4.84. The zero-order valence-corrected chi connectivity index (χ0v) is 16.6. The van der Waals surface area contributed by atoms with Gasteiger partial charge in [0, 0.05) is 5.56 Å². The maximum Gasteiger partial charge on any atom is 0.230 e.